The average Bonchev–Trinajstić information content (AvgIpc) is 3.03. The third-order valence-electron chi connectivity index (χ3n) is 5.13. The van der Waals surface area contributed by atoms with Gasteiger partial charge in [-0.25, -0.2) is 9.98 Å². The largest absolute Gasteiger partial charge is 0.357 e. The van der Waals surface area contributed by atoms with Crippen LogP contribution in [0.5, 0.6) is 0 Å². The quantitative estimate of drug-likeness (QED) is 0.314. The van der Waals surface area contributed by atoms with E-state index >= 15 is 0 Å². The van der Waals surface area contributed by atoms with Gasteiger partial charge < -0.3 is 10.6 Å². The normalized spacial score (nSPS) is 15.1. The highest BCUT2D eigenvalue weighted by Gasteiger charge is 2.12. The number of rotatable bonds is 7. The number of hydrogen-bond donors (Lipinski definition) is 2. The van der Waals surface area contributed by atoms with Gasteiger partial charge in [0.15, 0.2) is 5.96 Å². The van der Waals surface area contributed by atoms with Crippen molar-refractivity contribution in [2.45, 2.75) is 59.7 Å². The molecule has 29 heavy (non-hydrogen) atoms. The van der Waals surface area contributed by atoms with Gasteiger partial charge in [-0.2, -0.15) is 0 Å². The minimum absolute atomic E-state index is 0. The number of thiazole rings is 1. The third kappa shape index (κ3) is 7.53. The molecule has 0 saturated carbocycles. The maximum Gasteiger partial charge on any atom is 0.191 e. The van der Waals surface area contributed by atoms with Gasteiger partial charge in [0.2, 0.25) is 0 Å². The molecule has 0 aliphatic carbocycles. The van der Waals surface area contributed by atoms with Gasteiger partial charge in [-0.05, 0) is 57.8 Å². The standard InChI is InChI=1S/C22H33N5S.HI/c1-4-23-22(25-15-21-17(2)26-18(3)28-21)24-14-19-10-6-7-11-20(19)16-27-12-8-5-9-13-27;/h6-7,10-11H,4-5,8-9,12-16H2,1-3H3,(H2,23,24,25);1H. The topological polar surface area (TPSA) is 52.6 Å². The Morgan fingerprint density at radius 3 is 2.48 bits per heavy atom. The number of guanidine groups is 1. The molecule has 2 heterocycles. The first-order valence-corrected chi connectivity index (χ1v) is 11.2. The van der Waals surface area contributed by atoms with E-state index in [2.05, 4.69) is 65.6 Å². The summed E-state index contributed by atoms with van der Waals surface area (Å²) in [4.78, 5) is 13.2. The van der Waals surface area contributed by atoms with E-state index in [1.165, 1.54) is 48.4 Å². The van der Waals surface area contributed by atoms with Crippen LogP contribution in [0.15, 0.2) is 29.3 Å². The molecular formula is C22H34IN5S. The predicted molar refractivity (Wildman–Crippen MR) is 134 cm³/mol. The minimum Gasteiger partial charge on any atom is -0.357 e. The molecule has 1 aromatic carbocycles. The van der Waals surface area contributed by atoms with Crippen molar-refractivity contribution in [1.29, 1.82) is 0 Å². The van der Waals surface area contributed by atoms with Crippen molar-refractivity contribution in [2.24, 2.45) is 4.99 Å². The van der Waals surface area contributed by atoms with Gasteiger partial charge >= 0.3 is 0 Å². The van der Waals surface area contributed by atoms with E-state index in [1.807, 2.05) is 0 Å². The second-order valence-electron chi connectivity index (χ2n) is 7.40. The number of hydrogen-bond acceptors (Lipinski definition) is 4. The van der Waals surface area contributed by atoms with Crippen molar-refractivity contribution in [3.63, 3.8) is 0 Å². The van der Waals surface area contributed by atoms with Crippen molar-refractivity contribution < 1.29 is 0 Å². The Morgan fingerprint density at radius 2 is 1.83 bits per heavy atom. The van der Waals surface area contributed by atoms with Gasteiger partial charge in [0.1, 0.15) is 0 Å². The Kier molecular flexibility index (Phi) is 10.4. The zero-order valence-electron chi connectivity index (χ0n) is 17.8. The van der Waals surface area contributed by atoms with Gasteiger partial charge in [-0.1, -0.05) is 30.7 Å². The molecule has 0 bridgehead atoms. The Labute approximate surface area is 196 Å². The number of aryl methyl sites for hydroxylation is 2. The van der Waals surface area contributed by atoms with Gasteiger partial charge in [0.25, 0.3) is 0 Å². The van der Waals surface area contributed by atoms with Crippen molar-refractivity contribution >= 4 is 41.3 Å². The molecule has 1 aliphatic heterocycles. The highest BCUT2D eigenvalue weighted by atomic mass is 127. The zero-order chi connectivity index (χ0) is 19.8. The Balaban J connectivity index is 0.00000300. The number of nitrogens with one attached hydrogen (secondary N) is 2. The number of likely N-dealkylation sites (tertiary alicyclic amines) is 1. The van der Waals surface area contributed by atoms with Crippen LogP contribution in [-0.4, -0.2) is 35.5 Å². The summed E-state index contributed by atoms with van der Waals surface area (Å²) in [5.74, 6) is 0.862. The molecule has 1 saturated heterocycles. The summed E-state index contributed by atoms with van der Waals surface area (Å²) < 4.78 is 0. The first-order valence-electron chi connectivity index (χ1n) is 10.4. The molecule has 0 amide bonds. The van der Waals surface area contributed by atoms with Crippen molar-refractivity contribution in [1.82, 2.24) is 20.5 Å². The molecule has 1 aromatic heterocycles. The first kappa shape index (κ1) is 24.1. The summed E-state index contributed by atoms with van der Waals surface area (Å²) in [6.07, 6.45) is 4.02. The summed E-state index contributed by atoms with van der Waals surface area (Å²) in [7, 11) is 0. The van der Waals surface area contributed by atoms with E-state index in [4.69, 9.17) is 4.99 Å². The lowest BCUT2D eigenvalue weighted by atomic mass is 10.1. The molecule has 0 radical (unpaired) electrons. The average molecular weight is 528 g/mol. The Hall–Kier alpha value is -1.19. The maximum atomic E-state index is 4.85. The molecule has 1 fully saturated rings. The number of halogens is 1. The lowest BCUT2D eigenvalue weighted by Crippen LogP contribution is -2.36. The molecule has 7 heteroatoms. The van der Waals surface area contributed by atoms with E-state index in [0.717, 1.165) is 36.3 Å². The van der Waals surface area contributed by atoms with E-state index in [-0.39, 0.29) is 24.0 Å². The number of aliphatic imine (C=N–C) groups is 1. The lowest BCUT2D eigenvalue weighted by molar-refractivity contribution is 0.220. The summed E-state index contributed by atoms with van der Waals surface area (Å²) in [6.45, 7) is 12.0. The molecule has 0 spiro atoms. The number of nitrogens with zero attached hydrogens (tertiary/aromatic N) is 3. The second-order valence-corrected chi connectivity index (χ2v) is 8.68. The number of benzene rings is 1. The van der Waals surface area contributed by atoms with Crippen LogP contribution >= 0.6 is 35.3 Å². The van der Waals surface area contributed by atoms with Gasteiger partial charge in [-0.15, -0.1) is 35.3 Å². The molecular weight excluding hydrogens is 493 g/mol. The summed E-state index contributed by atoms with van der Waals surface area (Å²) in [5.41, 5.74) is 3.82. The van der Waals surface area contributed by atoms with Gasteiger partial charge in [0, 0.05) is 18.0 Å². The van der Waals surface area contributed by atoms with E-state index in [0.29, 0.717) is 6.54 Å². The van der Waals surface area contributed by atoms with Crippen LogP contribution in [0.1, 0.15) is 52.9 Å². The highest BCUT2D eigenvalue weighted by molar-refractivity contribution is 14.0. The van der Waals surface area contributed by atoms with Crippen molar-refractivity contribution in [3.8, 4) is 0 Å². The molecule has 0 atom stereocenters. The predicted octanol–water partition coefficient (Wildman–Crippen LogP) is 4.62. The van der Waals surface area contributed by atoms with Crippen LogP contribution in [0.25, 0.3) is 0 Å². The van der Waals surface area contributed by atoms with Crippen LogP contribution in [0, 0.1) is 13.8 Å². The van der Waals surface area contributed by atoms with Crippen LogP contribution in [0.4, 0.5) is 0 Å². The fourth-order valence-corrected chi connectivity index (χ4v) is 4.51. The Morgan fingerprint density at radius 1 is 1.10 bits per heavy atom. The molecule has 160 valence electrons. The van der Waals surface area contributed by atoms with Crippen molar-refractivity contribution in [3.05, 3.63) is 51.0 Å². The summed E-state index contributed by atoms with van der Waals surface area (Å²) in [6, 6.07) is 8.73. The minimum atomic E-state index is 0. The van der Waals surface area contributed by atoms with E-state index in [9.17, 15) is 0 Å². The lowest BCUT2D eigenvalue weighted by Gasteiger charge is -2.27. The molecule has 5 nitrogen and oxygen atoms in total. The third-order valence-corrected chi connectivity index (χ3v) is 6.20. The zero-order valence-corrected chi connectivity index (χ0v) is 21.0. The first-order chi connectivity index (χ1) is 13.7. The summed E-state index contributed by atoms with van der Waals surface area (Å²) in [5, 5.41) is 7.94. The number of aromatic nitrogens is 1. The highest BCUT2D eigenvalue weighted by Crippen LogP contribution is 2.18. The fraction of sp³-hybridized carbons (Fsp3) is 0.545. The van der Waals surface area contributed by atoms with Gasteiger partial charge in [0.05, 0.1) is 23.8 Å². The smallest absolute Gasteiger partial charge is 0.191 e. The van der Waals surface area contributed by atoms with Crippen LogP contribution in [0.3, 0.4) is 0 Å². The van der Waals surface area contributed by atoms with Crippen molar-refractivity contribution in [2.75, 3.05) is 19.6 Å². The fourth-order valence-electron chi connectivity index (χ4n) is 3.63. The van der Waals surface area contributed by atoms with Crippen LogP contribution in [-0.2, 0) is 19.6 Å². The second kappa shape index (κ2) is 12.5. The monoisotopic (exact) mass is 527 g/mol. The molecule has 2 aromatic rings. The summed E-state index contributed by atoms with van der Waals surface area (Å²) >= 11 is 1.75. The number of piperidine rings is 1. The van der Waals surface area contributed by atoms with Gasteiger partial charge in [-0.3, -0.25) is 4.90 Å². The Bertz CT molecular complexity index is 783. The molecule has 0 unspecified atom stereocenters. The van der Waals surface area contributed by atoms with Crippen LogP contribution < -0.4 is 10.6 Å². The van der Waals surface area contributed by atoms with E-state index in [1.54, 1.807) is 11.3 Å². The molecule has 3 rings (SSSR count). The van der Waals surface area contributed by atoms with Crippen LogP contribution in [0.2, 0.25) is 0 Å². The molecule has 2 N–H and O–H groups in total. The SMILES string of the molecule is CCNC(=NCc1ccccc1CN1CCCCC1)NCc1sc(C)nc1C.I. The van der Waals surface area contributed by atoms with E-state index < -0.39 is 0 Å². The molecule has 1 aliphatic rings. The maximum absolute atomic E-state index is 4.85.